The molecule has 0 aliphatic heterocycles. The largest absolute Gasteiger partial charge is 0.394 e. The van der Waals surface area contributed by atoms with Crippen LogP contribution >= 0.6 is 0 Å². The second-order valence-electron chi connectivity index (χ2n) is 5.41. The Labute approximate surface area is 153 Å². The van der Waals surface area contributed by atoms with Gasteiger partial charge >= 0.3 is 0 Å². The Balaban J connectivity index is 1.93. The third-order valence-electron chi connectivity index (χ3n) is 3.63. The first-order valence-electron chi connectivity index (χ1n) is 7.64. The maximum absolute atomic E-state index is 10.6. The lowest BCUT2D eigenvalue weighted by Gasteiger charge is -2.15. The average molecular weight is 370 g/mol. The second-order valence-corrected chi connectivity index (χ2v) is 5.41. The maximum Gasteiger partial charge on any atom is 0.269 e. The van der Waals surface area contributed by atoms with Crippen LogP contribution < -0.4 is 0 Å². The van der Waals surface area contributed by atoms with Gasteiger partial charge in [0.25, 0.3) is 11.4 Å². The first-order chi connectivity index (χ1) is 12.9. The van der Waals surface area contributed by atoms with Crippen LogP contribution in [0.3, 0.4) is 0 Å². The number of aliphatic hydroxyl groups is 1. The van der Waals surface area contributed by atoms with Crippen LogP contribution in [-0.2, 0) is 4.84 Å². The fourth-order valence-electron chi connectivity index (χ4n) is 2.13. The number of rotatable bonds is 8. The second kappa shape index (κ2) is 9.02. The van der Waals surface area contributed by atoms with E-state index < -0.39 is 21.9 Å². The lowest BCUT2D eigenvalue weighted by Crippen LogP contribution is -2.16. The maximum atomic E-state index is 10.6. The van der Waals surface area contributed by atoms with Gasteiger partial charge in [0.05, 0.1) is 28.2 Å². The molecular weight excluding hydrogens is 356 g/mol. The molecular formula is C17H14N4O6. The van der Waals surface area contributed by atoms with Crippen molar-refractivity contribution in [3.8, 4) is 6.07 Å². The molecule has 1 N–H and O–H groups in total. The summed E-state index contributed by atoms with van der Waals surface area (Å²) < 4.78 is 0. The van der Waals surface area contributed by atoms with E-state index in [1.165, 1.54) is 54.7 Å². The van der Waals surface area contributed by atoms with Gasteiger partial charge in [-0.1, -0.05) is 5.16 Å². The number of hydrogen-bond donors (Lipinski definition) is 1. The Kier molecular flexibility index (Phi) is 6.51. The molecule has 0 amide bonds. The first kappa shape index (κ1) is 19.5. The molecule has 0 bridgehead atoms. The zero-order valence-electron chi connectivity index (χ0n) is 13.8. The van der Waals surface area contributed by atoms with Crippen molar-refractivity contribution in [2.24, 2.45) is 11.1 Å². The molecule has 0 saturated heterocycles. The Hall–Kier alpha value is -3.84. The third-order valence-corrected chi connectivity index (χ3v) is 3.63. The molecule has 2 atom stereocenters. The van der Waals surface area contributed by atoms with Gasteiger partial charge in [0.2, 0.25) is 0 Å². The number of oxime groups is 1. The van der Waals surface area contributed by atoms with Gasteiger partial charge in [-0.3, -0.25) is 20.2 Å². The Morgan fingerprint density at radius 2 is 1.59 bits per heavy atom. The van der Waals surface area contributed by atoms with Crippen LogP contribution in [0.4, 0.5) is 11.4 Å². The smallest absolute Gasteiger partial charge is 0.269 e. The summed E-state index contributed by atoms with van der Waals surface area (Å²) in [6.45, 7) is -0.210. The summed E-state index contributed by atoms with van der Waals surface area (Å²) in [4.78, 5) is 25.1. The number of nitro groups is 2. The van der Waals surface area contributed by atoms with Crippen molar-refractivity contribution in [1.29, 1.82) is 5.26 Å². The van der Waals surface area contributed by atoms with Crippen molar-refractivity contribution in [3.63, 3.8) is 0 Å². The van der Waals surface area contributed by atoms with Gasteiger partial charge in [0.15, 0.2) is 0 Å². The molecule has 2 rings (SSSR count). The third kappa shape index (κ3) is 5.32. The molecule has 0 radical (unpaired) electrons. The van der Waals surface area contributed by atoms with E-state index in [9.17, 15) is 30.6 Å². The van der Waals surface area contributed by atoms with Crippen LogP contribution in [0.2, 0.25) is 0 Å². The summed E-state index contributed by atoms with van der Waals surface area (Å²) in [5.74, 6) is -0.944. The standard InChI is InChI=1S/C17H14N4O6/c18-9-14(17(22)13-3-7-16(8-4-13)21(25)26)11-27-19-10-12-1-5-15(6-2-12)20(23)24/h1-8,10,14,17,22H,11H2/b19-10+. The van der Waals surface area contributed by atoms with Crippen LogP contribution in [0.15, 0.2) is 53.7 Å². The molecule has 0 aliphatic carbocycles. The predicted octanol–water partition coefficient (Wildman–Crippen LogP) is 2.73. The highest BCUT2D eigenvalue weighted by Crippen LogP contribution is 2.24. The van der Waals surface area contributed by atoms with Crippen molar-refractivity contribution < 1.29 is 19.8 Å². The fourth-order valence-corrected chi connectivity index (χ4v) is 2.13. The van der Waals surface area contributed by atoms with E-state index in [0.29, 0.717) is 11.1 Å². The summed E-state index contributed by atoms with van der Waals surface area (Å²) >= 11 is 0. The van der Waals surface area contributed by atoms with Crippen molar-refractivity contribution in [3.05, 3.63) is 79.9 Å². The molecule has 10 nitrogen and oxygen atoms in total. The van der Waals surface area contributed by atoms with E-state index >= 15 is 0 Å². The molecule has 2 unspecified atom stereocenters. The van der Waals surface area contributed by atoms with Crippen LogP contribution in [0.25, 0.3) is 0 Å². The quantitative estimate of drug-likeness (QED) is 0.426. The normalized spacial score (nSPS) is 12.9. The van der Waals surface area contributed by atoms with E-state index in [1.807, 2.05) is 6.07 Å². The van der Waals surface area contributed by atoms with Crippen LogP contribution in [0.5, 0.6) is 0 Å². The Morgan fingerprint density at radius 1 is 1.07 bits per heavy atom. The van der Waals surface area contributed by atoms with Gasteiger partial charge in [-0.25, -0.2) is 0 Å². The van der Waals surface area contributed by atoms with Crippen LogP contribution in [-0.4, -0.2) is 27.8 Å². The molecule has 0 saturated carbocycles. The minimum Gasteiger partial charge on any atom is -0.394 e. The minimum absolute atomic E-state index is 0.0520. The van der Waals surface area contributed by atoms with Crippen molar-refractivity contribution >= 4 is 17.6 Å². The van der Waals surface area contributed by atoms with E-state index in [-0.39, 0.29) is 18.0 Å². The summed E-state index contributed by atoms with van der Waals surface area (Å²) in [5.41, 5.74) is 0.729. The Morgan fingerprint density at radius 3 is 2.07 bits per heavy atom. The highest BCUT2D eigenvalue weighted by molar-refractivity contribution is 5.79. The van der Waals surface area contributed by atoms with E-state index in [0.717, 1.165) is 0 Å². The highest BCUT2D eigenvalue weighted by atomic mass is 16.6. The number of non-ortho nitro benzene ring substituents is 2. The zero-order chi connectivity index (χ0) is 19.8. The number of nitrogens with zero attached hydrogens (tertiary/aromatic N) is 4. The van der Waals surface area contributed by atoms with E-state index in [4.69, 9.17) is 4.84 Å². The molecule has 0 heterocycles. The minimum atomic E-state index is -1.20. The lowest BCUT2D eigenvalue weighted by molar-refractivity contribution is -0.385. The molecule has 0 aromatic heterocycles. The SMILES string of the molecule is N#CC(CO/N=C/c1ccc([N+](=O)[O-])cc1)C(O)c1ccc([N+](=O)[O-])cc1. The summed E-state index contributed by atoms with van der Waals surface area (Å²) in [6.07, 6.45) is 0.113. The number of hydrogen-bond acceptors (Lipinski definition) is 8. The van der Waals surface area contributed by atoms with Crippen molar-refractivity contribution in [2.75, 3.05) is 6.61 Å². The van der Waals surface area contributed by atoms with E-state index in [1.54, 1.807) is 0 Å². The van der Waals surface area contributed by atoms with Gasteiger partial charge in [-0.05, 0) is 35.4 Å². The predicted molar refractivity (Wildman–Crippen MR) is 93.8 cm³/mol. The topological polar surface area (TPSA) is 152 Å². The highest BCUT2D eigenvalue weighted by Gasteiger charge is 2.22. The zero-order valence-corrected chi connectivity index (χ0v) is 13.8. The van der Waals surface area contributed by atoms with Gasteiger partial charge in [-0.15, -0.1) is 0 Å². The fraction of sp³-hybridized carbons (Fsp3) is 0.176. The molecule has 0 spiro atoms. The average Bonchev–Trinajstić information content (AvgIpc) is 2.68. The van der Waals surface area contributed by atoms with Crippen molar-refractivity contribution in [1.82, 2.24) is 0 Å². The molecule has 2 aromatic rings. The van der Waals surface area contributed by atoms with Crippen LogP contribution in [0.1, 0.15) is 17.2 Å². The molecule has 0 aliphatic rings. The summed E-state index contributed by atoms with van der Waals surface area (Å²) in [5, 5.41) is 44.3. The van der Waals surface area contributed by atoms with Crippen LogP contribution in [0, 0.1) is 37.5 Å². The van der Waals surface area contributed by atoms with Gasteiger partial charge in [0.1, 0.15) is 12.5 Å². The molecule has 2 aromatic carbocycles. The number of aliphatic hydroxyl groups excluding tert-OH is 1. The van der Waals surface area contributed by atoms with Gasteiger partial charge < -0.3 is 9.94 Å². The summed E-state index contributed by atoms with van der Waals surface area (Å²) in [7, 11) is 0. The number of benzene rings is 2. The molecule has 138 valence electrons. The number of nitro benzene ring substituents is 2. The Bertz CT molecular complexity index is 874. The molecule has 27 heavy (non-hydrogen) atoms. The lowest BCUT2D eigenvalue weighted by atomic mass is 9.97. The van der Waals surface area contributed by atoms with Gasteiger partial charge in [0, 0.05) is 24.3 Å². The van der Waals surface area contributed by atoms with Crippen molar-refractivity contribution in [2.45, 2.75) is 6.10 Å². The van der Waals surface area contributed by atoms with E-state index in [2.05, 4.69) is 5.16 Å². The summed E-state index contributed by atoms with van der Waals surface area (Å²) in [6, 6.07) is 12.7. The molecule has 0 fully saturated rings. The van der Waals surface area contributed by atoms with Gasteiger partial charge in [-0.2, -0.15) is 5.26 Å². The molecule has 10 heteroatoms. The monoisotopic (exact) mass is 370 g/mol. The first-order valence-corrected chi connectivity index (χ1v) is 7.64. The number of nitriles is 1.